The summed E-state index contributed by atoms with van der Waals surface area (Å²) < 4.78 is 2.00. The standard InChI is InChI=1S/C15H22N4S/c1-4-8-19-15(10-17-18-19)14(16-3)11-20-13-7-5-6-12(2)9-13/h5-7,9-10,14,16H,4,8,11H2,1-3H3. The third-order valence-electron chi connectivity index (χ3n) is 3.19. The summed E-state index contributed by atoms with van der Waals surface area (Å²) in [5.74, 6) is 0.969. The number of nitrogens with one attached hydrogen (secondary N) is 1. The number of hydrogen-bond acceptors (Lipinski definition) is 4. The molecular weight excluding hydrogens is 268 g/mol. The highest BCUT2D eigenvalue weighted by Gasteiger charge is 2.15. The van der Waals surface area contributed by atoms with Crippen LogP contribution in [0.15, 0.2) is 35.4 Å². The average molecular weight is 290 g/mol. The van der Waals surface area contributed by atoms with Crippen molar-refractivity contribution >= 4 is 11.8 Å². The zero-order valence-electron chi connectivity index (χ0n) is 12.3. The highest BCUT2D eigenvalue weighted by atomic mass is 32.2. The molecule has 20 heavy (non-hydrogen) atoms. The quantitative estimate of drug-likeness (QED) is 0.796. The van der Waals surface area contributed by atoms with Gasteiger partial charge in [0.2, 0.25) is 0 Å². The van der Waals surface area contributed by atoms with Crippen molar-refractivity contribution in [2.24, 2.45) is 0 Å². The topological polar surface area (TPSA) is 42.7 Å². The first-order chi connectivity index (χ1) is 9.74. The van der Waals surface area contributed by atoms with Gasteiger partial charge in [-0.25, -0.2) is 4.68 Å². The van der Waals surface area contributed by atoms with Crippen LogP contribution in [0, 0.1) is 6.92 Å². The Morgan fingerprint density at radius 1 is 1.40 bits per heavy atom. The number of thioether (sulfide) groups is 1. The Labute approximate surface area is 125 Å². The molecule has 2 rings (SSSR count). The van der Waals surface area contributed by atoms with E-state index in [2.05, 4.69) is 53.7 Å². The molecule has 1 aromatic heterocycles. The summed E-state index contributed by atoms with van der Waals surface area (Å²) in [5, 5.41) is 11.6. The zero-order valence-corrected chi connectivity index (χ0v) is 13.2. The van der Waals surface area contributed by atoms with Gasteiger partial charge in [-0.1, -0.05) is 29.8 Å². The Morgan fingerprint density at radius 2 is 2.25 bits per heavy atom. The SMILES string of the molecule is CCCn1nncc1C(CSc1cccc(C)c1)NC. The van der Waals surface area contributed by atoms with Crippen molar-refractivity contribution in [2.45, 2.75) is 37.8 Å². The van der Waals surface area contributed by atoms with Gasteiger partial charge in [0.25, 0.3) is 0 Å². The van der Waals surface area contributed by atoms with Gasteiger partial charge in [0, 0.05) is 17.2 Å². The number of aryl methyl sites for hydroxylation is 2. The maximum absolute atomic E-state index is 4.16. The van der Waals surface area contributed by atoms with Crippen molar-refractivity contribution < 1.29 is 0 Å². The Kier molecular flexibility index (Phi) is 5.61. The minimum absolute atomic E-state index is 0.266. The van der Waals surface area contributed by atoms with Crippen LogP contribution in [0.25, 0.3) is 0 Å². The molecule has 1 unspecified atom stereocenters. The second kappa shape index (κ2) is 7.45. The molecule has 0 radical (unpaired) electrons. The van der Waals surface area contributed by atoms with E-state index in [4.69, 9.17) is 0 Å². The highest BCUT2D eigenvalue weighted by molar-refractivity contribution is 7.99. The van der Waals surface area contributed by atoms with Gasteiger partial charge in [-0.05, 0) is 32.5 Å². The summed E-state index contributed by atoms with van der Waals surface area (Å²) in [4.78, 5) is 1.31. The molecule has 1 aromatic carbocycles. The minimum atomic E-state index is 0.266. The molecule has 0 bridgehead atoms. The molecule has 108 valence electrons. The van der Waals surface area contributed by atoms with Crippen LogP contribution < -0.4 is 5.32 Å². The van der Waals surface area contributed by atoms with Gasteiger partial charge in [-0.3, -0.25) is 0 Å². The first-order valence-electron chi connectivity index (χ1n) is 6.99. The van der Waals surface area contributed by atoms with E-state index in [0.717, 1.165) is 24.4 Å². The molecule has 1 atom stereocenters. The van der Waals surface area contributed by atoms with Crippen molar-refractivity contribution in [3.8, 4) is 0 Å². The van der Waals surface area contributed by atoms with Crippen LogP contribution in [0.1, 0.15) is 30.6 Å². The van der Waals surface area contributed by atoms with Gasteiger partial charge in [-0.2, -0.15) is 0 Å². The van der Waals surface area contributed by atoms with E-state index in [9.17, 15) is 0 Å². The van der Waals surface area contributed by atoms with E-state index >= 15 is 0 Å². The predicted molar refractivity (Wildman–Crippen MR) is 84.0 cm³/mol. The minimum Gasteiger partial charge on any atom is -0.311 e. The lowest BCUT2D eigenvalue weighted by Gasteiger charge is -2.16. The second-order valence-electron chi connectivity index (χ2n) is 4.85. The van der Waals surface area contributed by atoms with Gasteiger partial charge in [0.05, 0.1) is 17.9 Å². The van der Waals surface area contributed by atoms with Crippen molar-refractivity contribution in [3.63, 3.8) is 0 Å². The molecule has 0 spiro atoms. The molecule has 0 saturated carbocycles. The molecule has 0 saturated heterocycles. The third kappa shape index (κ3) is 3.84. The van der Waals surface area contributed by atoms with Crippen LogP contribution in [0.4, 0.5) is 0 Å². The number of nitrogens with zero attached hydrogens (tertiary/aromatic N) is 3. The van der Waals surface area contributed by atoms with Crippen molar-refractivity contribution in [1.29, 1.82) is 0 Å². The molecule has 0 fully saturated rings. The average Bonchev–Trinajstić information content (AvgIpc) is 2.89. The summed E-state index contributed by atoms with van der Waals surface area (Å²) in [5.41, 5.74) is 2.46. The van der Waals surface area contributed by atoms with Crippen LogP contribution >= 0.6 is 11.8 Å². The van der Waals surface area contributed by atoms with Gasteiger partial charge in [-0.15, -0.1) is 16.9 Å². The van der Waals surface area contributed by atoms with Gasteiger partial charge < -0.3 is 5.32 Å². The summed E-state index contributed by atoms with van der Waals surface area (Å²) in [7, 11) is 1.99. The second-order valence-corrected chi connectivity index (χ2v) is 5.94. The lowest BCUT2D eigenvalue weighted by atomic mass is 10.2. The molecule has 0 amide bonds. The number of aromatic nitrogens is 3. The molecule has 2 aromatic rings. The molecule has 0 aliphatic rings. The zero-order chi connectivity index (χ0) is 14.4. The molecular formula is C15H22N4S. The molecule has 1 heterocycles. The first-order valence-corrected chi connectivity index (χ1v) is 7.98. The van der Waals surface area contributed by atoms with E-state index in [1.54, 1.807) is 0 Å². The van der Waals surface area contributed by atoms with Gasteiger partial charge >= 0.3 is 0 Å². The van der Waals surface area contributed by atoms with Crippen molar-refractivity contribution in [2.75, 3.05) is 12.8 Å². The predicted octanol–water partition coefficient (Wildman–Crippen LogP) is 3.05. The smallest absolute Gasteiger partial charge is 0.0765 e. The number of rotatable bonds is 7. The fraction of sp³-hybridized carbons (Fsp3) is 0.467. The number of hydrogen-bond donors (Lipinski definition) is 1. The lowest BCUT2D eigenvalue weighted by molar-refractivity contribution is 0.514. The third-order valence-corrected chi connectivity index (χ3v) is 4.28. The molecule has 1 N–H and O–H groups in total. The van der Waals surface area contributed by atoms with Crippen LogP contribution in [0.5, 0.6) is 0 Å². The number of benzene rings is 1. The normalized spacial score (nSPS) is 12.6. The van der Waals surface area contributed by atoms with E-state index in [1.807, 2.05) is 29.7 Å². The van der Waals surface area contributed by atoms with Crippen molar-refractivity contribution in [3.05, 3.63) is 41.7 Å². The maximum Gasteiger partial charge on any atom is 0.0765 e. The van der Waals surface area contributed by atoms with Gasteiger partial charge in [0.15, 0.2) is 0 Å². The summed E-state index contributed by atoms with van der Waals surface area (Å²) in [6.45, 7) is 5.20. The Balaban J connectivity index is 2.03. The Bertz CT molecular complexity index is 538. The molecule has 4 nitrogen and oxygen atoms in total. The van der Waals surface area contributed by atoms with Crippen LogP contribution in [0.3, 0.4) is 0 Å². The summed E-state index contributed by atoms with van der Waals surface area (Å²) in [6.07, 6.45) is 2.94. The largest absolute Gasteiger partial charge is 0.311 e. The van der Waals surface area contributed by atoms with Crippen LogP contribution in [-0.4, -0.2) is 27.8 Å². The fourth-order valence-corrected chi connectivity index (χ4v) is 3.26. The molecule has 0 aliphatic heterocycles. The highest BCUT2D eigenvalue weighted by Crippen LogP contribution is 2.25. The Morgan fingerprint density at radius 3 is 2.95 bits per heavy atom. The van der Waals surface area contributed by atoms with Crippen LogP contribution in [0.2, 0.25) is 0 Å². The fourth-order valence-electron chi connectivity index (χ4n) is 2.12. The van der Waals surface area contributed by atoms with Gasteiger partial charge in [0.1, 0.15) is 0 Å². The van der Waals surface area contributed by atoms with E-state index in [1.165, 1.54) is 10.5 Å². The van der Waals surface area contributed by atoms with E-state index in [-0.39, 0.29) is 6.04 Å². The first kappa shape index (κ1) is 15.1. The molecule has 5 heteroatoms. The van der Waals surface area contributed by atoms with Crippen LogP contribution in [-0.2, 0) is 6.54 Å². The summed E-state index contributed by atoms with van der Waals surface area (Å²) in [6, 6.07) is 8.88. The molecule has 0 aliphatic carbocycles. The van der Waals surface area contributed by atoms with E-state index in [0.29, 0.717) is 0 Å². The lowest BCUT2D eigenvalue weighted by Crippen LogP contribution is -2.22. The summed E-state index contributed by atoms with van der Waals surface area (Å²) >= 11 is 1.86. The van der Waals surface area contributed by atoms with E-state index < -0.39 is 0 Å². The Hall–Kier alpha value is -1.33. The van der Waals surface area contributed by atoms with Crippen molar-refractivity contribution in [1.82, 2.24) is 20.3 Å². The maximum atomic E-state index is 4.16. The monoisotopic (exact) mass is 290 g/mol.